The van der Waals surface area contributed by atoms with Gasteiger partial charge in [0.15, 0.2) is 0 Å². The van der Waals surface area contributed by atoms with Crippen LogP contribution >= 0.6 is 11.6 Å². The van der Waals surface area contributed by atoms with E-state index < -0.39 is 0 Å². The van der Waals surface area contributed by atoms with Crippen molar-refractivity contribution in [1.29, 1.82) is 0 Å². The maximum Gasteiger partial charge on any atom is 0.0653 e. The molecule has 20 heavy (non-hydrogen) atoms. The maximum absolute atomic E-state index is 6.21. The minimum absolute atomic E-state index is 0.703. The van der Waals surface area contributed by atoms with Crippen molar-refractivity contribution in [3.8, 4) is 0 Å². The van der Waals surface area contributed by atoms with Gasteiger partial charge in [-0.1, -0.05) is 42.2 Å². The third-order valence-electron chi connectivity index (χ3n) is 3.87. The summed E-state index contributed by atoms with van der Waals surface area (Å²) in [5.74, 6) is 0. The van der Waals surface area contributed by atoms with Gasteiger partial charge in [-0.05, 0) is 48.6 Å². The van der Waals surface area contributed by atoms with Crippen LogP contribution in [0.1, 0.15) is 17.5 Å². The minimum Gasteiger partial charge on any atom is -0.341 e. The standard InChI is InChI=1S/C17H17BClN/c18-10-3-11-20-16-5-2-1-4-13(16)6-7-14-8-9-15(19)12-17(14)20/h1-2,4-5,8-9,12H,3,6-7,10-11H2. The van der Waals surface area contributed by atoms with Crippen molar-refractivity contribution in [1.82, 2.24) is 0 Å². The van der Waals surface area contributed by atoms with Crippen LogP contribution in [0, 0.1) is 0 Å². The number of para-hydroxylation sites is 1. The number of hydrogen-bond acceptors (Lipinski definition) is 1. The van der Waals surface area contributed by atoms with Crippen molar-refractivity contribution in [3.05, 3.63) is 58.6 Å². The molecule has 0 saturated carbocycles. The third-order valence-corrected chi connectivity index (χ3v) is 4.11. The van der Waals surface area contributed by atoms with E-state index in [0.29, 0.717) is 6.32 Å². The summed E-state index contributed by atoms with van der Waals surface area (Å²) in [7, 11) is 5.70. The van der Waals surface area contributed by atoms with E-state index in [0.717, 1.165) is 30.8 Å². The van der Waals surface area contributed by atoms with Crippen LogP contribution in [0.5, 0.6) is 0 Å². The van der Waals surface area contributed by atoms with Crippen molar-refractivity contribution in [2.75, 3.05) is 11.4 Å². The number of halogens is 1. The Morgan fingerprint density at radius 2 is 1.75 bits per heavy atom. The second-order valence-corrected chi connectivity index (χ2v) is 5.63. The van der Waals surface area contributed by atoms with Crippen LogP contribution in [-0.4, -0.2) is 14.4 Å². The summed E-state index contributed by atoms with van der Waals surface area (Å²) in [6.45, 7) is 0.931. The lowest BCUT2D eigenvalue weighted by atomic mass is 10.0. The molecule has 3 rings (SSSR count). The largest absolute Gasteiger partial charge is 0.341 e. The summed E-state index contributed by atoms with van der Waals surface area (Å²) in [5, 5.41) is 0.792. The summed E-state index contributed by atoms with van der Waals surface area (Å²) < 4.78 is 0. The van der Waals surface area contributed by atoms with Crippen LogP contribution in [0.4, 0.5) is 11.4 Å². The molecule has 0 bridgehead atoms. The van der Waals surface area contributed by atoms with Gasteiger partial charge in [0.1, 0.15) is 0 Å². The third kappa shape index (κ3) is 2.57. The Kier molecular flexibility index (Phi) is 4.02. The first-order valence-electron chi connectivity index (χ1n) is 7.13. The zero-order valence-electron chi connectivity index (χ0n) is 11.5. The SMILES string of the molecule is [B]CCCN1c2ccccc2CCc2ccc(Cl)cc21. The van der Waals surface area contributed by atoms with E-state index in [1.165, 1.54) is 22.5 Å². The summed E-state index contributed by atoms with van der Waals surface area (Å²) in [5.41, 5.74) is 5.29. The number of benzene rings is 2. The average Bonchev–Trinajstić information content (AvgIpc) is 2.62. The second-order valence-electron chi connectivity index (χ2n) is 5.20. The minimum atomic E-state index is 0.703. The smallest absolute Gasteiger partial charge is 0.0653 e. The molecule has 0 fully saturated rings. The van der Waals surface area contributed by atoms with Gasteiger partial charge in [0.2, 0.25) is 0 Å². The van der Waals surface area contributed by atoms with Gasteiger partial charge in [0.05, 0.1) is 7.85 Å². The molecule has 0 atom stereocenters. The van der Waals surface area contributed by atoms with Crippen LogP contribution in [0.25, 0.3) is 0 Å². The van der Waals surface area contributed by atoms with Crippen molar-refractivity contribution in [2.45, 2.75) is 25.6 Å². The normalized spacial score (nSPS) is 13.6. The van der Waals surface area contributed by atoms with E-state index >= 15 is 0 Å². The molecule has 0 aliphatic carbocycles. The van der Waals surface area contributed by atoms with Crippen LogP contribution in [0.3, 0.4) is 0 Å². The van der Waals surface area contributed by atoms with Gasteiger partial charge in [-0.25, -0.2) is 0 Å². The maximum atomic E-state index is 6.21. The Morgan fingerprint density at radius 3 is 2.55 bits per heavy atom. The van der Waals surface area contributed by atoms with E-state index in [2.05, 4.69) is 41.3 Å². The number of aryl methyl sites for hydroxylation is 2. The van der Waals surface area contributed by atoms with Gasteiger partial charge in [0, 0.05) is 22.9 Å². The van der Waals surface area contributed by atoms with Crippen LogP contribution in [0.2, 0.25) is 11.3 Å². The Labute approximate surface area is 127 Å². The number of anilines is 2. The van der Waals surface area contributed by atoms with Gasteiger partial charge in [-0.15, -0.1) is 0 Å². The summed E-state index contributed by atoms with van der Waals surface area (Å²) in [6.07, 6.45) is 3.81. The summed E-state index contributed by atoms with van der Waals surface area (Å²) in [6, 6.07) is 14.8. The summed E-state index contributed by atoms with van der Waals surface area (Å²) in [4.78, 5) is 2.37. The molecule has 0 N–H and O–H groups in total. The van der Waals surface area contributed by atoms with Gasteiger partial charge in [-0.2, -0.15) is 0 Å². The molecule has 1 heterocycles. The van der Waals surface area contributed by atoms with Gasteiger partial charge < -0.3 is 4.90 Å². The monoisotopic (exact) mass is 281 g/mol. The molecule has 0 saturated heterocycles. The van der Waals surface area contributed by atoms with E-state index in [1.807, 2.05) is 6.07 Å². The van der Waals surface area contributed by atoms with Crippen molar-refractivity contribution >= 4 is 30.8 Å². The first-order chi connectivity index (χ1) is 9.79. The van der Waals surface area contributed by atoms with Crippen molar-refractivity contribution < 1.29 is 0 Å². The molecule has 0 spiro atoms. The molecule has 1 aliphatic rings. The number of fused-ring (bicyclic) bond motifs is 2. The highest BCUT2D eigenvalue weighted by atomic mass is 35.5. The van der Waals surface area contributed by atoms with Crippen LogP contribution < -0.4 is 4.90 Å². The Hall–Kier alpha value is -1.41. The molecule has 1 aliphatic heterocycles. The molecule has 2 radical (unpaired) electrons. The number of nitrogens with zero attached hydrogens (tertiary/aromatic N) is 1. The van der Waals surface area contributed by atoms with Crippen molar-refractivity contribution in [3.63, 3.8) is 0 Å². The first kappa shape index (κ1) is 13.6. The molecule has 0 amide bonds. The lowest BCUT2D eigenvalue weighted by molar-refractivity contribution is 0.881. The predicted molar refractivity (Wildman–Crippen MR) is 87.5 cm³/mol. The molecule has 1 nitrogen and oxygen atoms in total. The van der Waals surface area contributed by atoms with E-state index in [4.69, 9.17) is 19.4 Å². The Balaban J connectivity index is 2.10. The second kappa shape index (κ2) is 5.93. The average molecular weight is 282 g/mol. The lowest BCUT2D eigenvalue weighted by Gasteiger charge is -2.27. The molecule has 2 aromatic rings. The fourth-order valence-electron chi connectivity index (χ4n) is 2.87. The Bertz CT molecular complexity index is 612. The highest BCUT2D eigenvalue weighted by Gasteiger charge is 2.19. The molecule has 3 heteroatoms. The molecule has 2 aromatic carbocycles. The number of rotatable bonds is 3. The molecule has 100 valence electrons. The molecule has 0 unspecified atom stereocenters. The Morgan fingerprint density at radius 1 is 1.00 bits per heavy atom. The van der Waals surface area contributed by atoms with Gasteiger partial charge in [-0.3, -0.25) is 0 Å². The van der Waals surface area contributed by atoms with Crippen LogP contribution in [0.15, 0.2) is 42.5 Å². The zero-order valence-corrected chi connectivity index (χ0v) is 12.2. The lowest BCUT2D eigenvalue weighted by Crippen LogP contribution is -2.19. The topological polar surface area (TPSA) is 3.24 Å². The molecular formula is C17H17BClN. The first-order valence-corrected chi connectivity index (χ1v) is 7.51. The van der Waals surface area contributed by atoms with Gasteiger partial charge in [0.25, 0.3) is 0 Å². The zero-order chi connectivity index (χ0) is 13.9. The van der Waals surface area contributed by atoms with Gasteiger partial charge >= 0.3 is 0 Å². The molecular weight excluding hydrogens is 264 g/mol. The number of hydrogen-bond donors (Lipinski definition) is 0. The fraction of sp³-hybridized carbons (Fsp3) is 0.294. The van der Waals surface area contributed by atoms with E-state index in [9.17, 15) is 0 Å². The van der Waals surface area contributed by atoms with E-state index in [-0.39, 0.29) is 0 Å². The summed E-state index contributed by atoms with van der Waals surface area (Å²) >= 11 is 6.21. The van der Waals surface area contributed by atoms with Crippen LogP contribution in [-0.2, 0) is 12.8 Å². The fourth-order valence-corrected chi connectivity index (χ4v) is 3.04. The van der Waals surface area contributed by atoms with E-state index in [1.54, 1.807) is 0 Å². The highest BCUT2D eigenvalue weighted by molar-refractivity contribution is 6.30. The predicted octanol–water partition coefficient (Wildman–Crippen LogP) is 4.55. The van der Waals surface area contributed by atoms with Crippen molar-refractivity contribution in [2.24, 2.45) is 0 Å². The molecule has 0 aromatic heterocycles. The highest BCUT2D eigenvalue weighted by Crippen LogP contribution is 2.37. The quantitative estimate of drug-likeness (QED) is 0.746.